The lowest BCUT2D eigenvalue weighted by Gasteiger charge is -2.30. The molecule has 0 aliphatic heterocycles. The highest BCUT2D eigenvalue weighted by atomic mass is 15.3. The Labute approximate surface area is 123 Å². The standard InChI is InChI=1S/C17H29N3/c1-4-18-17(16-10-13-5-6-14(16)9-13)11-15-7-8-20(19-15)12(2)3/h7-8,12-14,16-18H,4-6,9-11H2,1-3H3. The van der Waals surface area contributed by atoms with Crippen LogP contribution in [0.4, 0.5) is 0 Å². The molecule has 0 spiro atoms. The van der Waals surface area contributed by atoms with E-state index < -0.39 is 0 Å². The topological polar surface area (TPSA) is 29.9 Å². The van der Waals surface area contributed by atoms with E-state index in [1.165, 1.54) is 31.4 Å². The lowest BCUT2D eigenvalue weighted by atomic mass is 9.81. The second-order valence-electron chi connectivity index (χ2n) is 7.09. The fourth-order valence-electron chi connectivity index (χ4n) is 4.42. The number of likely N-dealkylation sites (N-methyl/N-ethyl adjacent to an activating group) is 1. The van der Waals surface area contributed by atoms with Crippen LogP contribution in [0, 0.1) is 17.8 Å². The first-order valence-electron chi connectivity index (χ1n) is 8.44. The van der Waals surface area contributed by atoms with E-state index in [9.17, 15) is 0 Å². The molecule has 1 N–H and O–H groups in total. The summed E-state index contributed by atoms with van der Waals surface area (Å²) >= 11 is 0. The zero-order valence-corrected chi connectivity index (χ0v) is 13.2. The first kappa shape index (κ1) is 14.1. The van der Waals surface area contributed by atoms with Gasteiger partial charge in [-0.15, -0.1) is 0 Å². The lowest BCUT2D eigenvalue weighted by molar-refractivity contribution is 0.247. The third-order valence-electron chi connectivity index (χ3n) is 5.40. The predicted molar refractivity (Wildman–Crippen MR) is 82.7 cm³/mol. The van der Waals surface area contributed by atoms with Crippen molar-refractivity contribution < 1.29 is 0 Å². The van der Waals surface area contributed by atoms with Crippen molar-refractivity contribution >= 4 is 0 Å². The van der Waals surface area contributed by atoms with Crippen molar-refractivity contribution in [2.24, 2.45) is 17.8 Å². The number of hydrogen-bond donors (Lipinski definition) is 1. The normalized spacial score (nSPS) is 30.3. The van der Waals surface area contributed by atoms with Crippen LogP contribution >= 0.6 is 0 Å². The quantitative estimate of drug-likeness (QED) is 0.862. The second-order valence-corrected chi connectivity index (χ2v) is 7.09. The van der Waals surface area contributed by atoms with Crippen molar-refractivity contribution in [1.29, 1.82) is 0 Å². The number of rotatable bonds is 6. The first-order valence-corrected chi connectivity index (χ1v) is 8.44. The minimum Gasteiger partial charge on any atom is -0.314 e. The summed E-state index contributed by atoms with van der Waals surface area (Å²) in [6.07, 6.45) is 9.13. The summed E-state index contributed by atoms with van der Waals surface area (Å²) in [6, 6.07) is 3.30. The van der Waals surface area contributed by atoms with Gasteiger partial charge in [0.1, 0.15) is 0 Å². The van der Waals surface area contributed by atoms with E-state index in [2.05, 4.69) is 43.0 Å². The Bertz CT molecular complexity index is 437. The molecule has 2 fully saturated rings. The maximum Gasteiger partial charge on any atom is 0.0640 e. The summed E-state index contributed by atoms with van der Waals surface area (Å²) < 4.78 is 2.08. The van der Waals surface area contributed by atoms with Gasteiger partial charge in [0.05, 0.1) is 5.69 Å². The largest absolute Gasteiger partial charge is 0.314 e. The van der Waals surface area contributed by atoms with Crippen LogP contribution in [0.25, 0.3) is 0 Å². The lowest BCUT2D eigenvalue weighted by Crippen LogP contribution is -2.40. The van der Waals surface area contributed by atoms with Crippen molar-refractivity contribution in [1.82, 2.24) is 15.1 Å². The zero-order chi connectivity index (χ0) is 14.1. The molecular weight excluding hydrogens is 246 g/mol. The van der Waals surface area contributed by atoms with Crippen LogP contribution < -0.4 is 5.32 Å². The van der Waals surface area contributed by atoms with Crippen molar-refractivity contribution in [3.63, 3.8) is 0 Å². The molecule has 4 unspecified atom stereocenters. The van der Waals surface area contributed by atoms with Gasteiger partial charge in [-0.05, 0) is 63.5 Å². The number of nitrogens with one attached hydrogen (secondary N) is 1. The number of nitrogens with zero attached hydrogens (tertiary/aromatic N) is 2. The molecule has 2 bridgehead atoms. The molecular formula is C17H29N3. The third kappa shape index (κ3) is 2.78. The number of hydrogen-bond acceptors (Lipinski definition) is 2. The minimum absolute atomic E-state index is 0.462. The summed E-state index contributed by atoms with van der Waals surface area (Å²) in [5, 5.41) is 8.49. The summed E-state index contributed by atoms with van der Waals surface area (Å²) in [5.41, 5.74) is 1.26. The van der Waals surface area contributed by atoms with Crippen molar-refractivity contribution in [2.45, 2.75) is 65.0 Å². The highest BCUT2D eigenvalue weighted by molar-refractivity contribution is 5.05. The minimum atomic E-state index is 0.462. The molecule has 3 heteroatoms. The van der Waals surface area contributed by atoms with E-state index in [4.69, 9.17) is 5.10 Å². The average molecular weight is 275 g/mol. The van der Waals surface area contributed by atoms with Gasteiger partial charge in [-0.2, -0.15) is 5.10 Å². The van der Waals surface area contributed by atoms with Gasteiger partial charge in [-0.3, -0.25) is 4.68 Å². The molecule has 1 aromatic rings. The molecule has 0 saturated heterocycles. The fraction of sp³-hybridized carbons (Fsp3) is 0.824. The summed E-state index contributed by atoms with van der Waals surface area (Å²) in [7, 11) is 0. The van der Waals surface area contributed by atoms with Crippen LogP contribution in [0.3, 0.4) is 0 Å². The van der Waals surface area contributed by atoms with E-state index in [-0.39, 0.29) is 0 Å². The van der Waals surface area contributed by atoms with E-state index in [0.29, 0.717) is 12.1 Å². The maximum absolute atomic E-state index is 4.74. The maximum atomic E-state index is 4.74. The summed E-state index contributed by atoms with van der Waals surface area (Å²) in [4.78, 5) is 0. The molecule has 0 radical (unpaired) electrons. The van der Waals surface area contributed by atoms with Gasteiger partial charge in [0.15, 0.2) is 0 Å². The van der Waals surface area contributed by atoms with Gasteiger partial charge >= 0.3 is 0 Å². The SMILES string of the molecule is CCNC(Cc1ccn(C(C)C)n1)C1CC2CCC1C2. The van der Waals surface area contributed by atoms with Crippen LogP contribution in [0.5, 0.6) is 0 Å². The molecule has 3 rings (SSSR count). The monoisotopic (exact) mass is 275 g/mol. The van der Waals surface area contributed by atoms with Crippen LogP contribution in [-0.4, -0.2) is 22.4 Å². The highest BCUT2D eigenvalue weighted by Gasteiger charge is 2.42. The third-order valence-corrected chi connectivity index (χ3v) is 5.40. The Morgan fingerprint density at radius 2 is 2.20 bits per heavy atom. The molecule has 1 heterocycles. The Morgan fingerprint density at radius 3 is 2.75 bits per heavy atom. The molecule has 0 aromatic carbocycles. The zero-order valence-electron chi connectivity index (χ0n) is 13.2. The Morgan fingerprint density at radius 1 is 1.35 bits per heavy atom. The van der Waals surface area contributed by atoms with E-state index >= 15 is 0 Å². The number of aromatic nitrogens is 2. The van der Waals surface area contributed by atoms with Gasteiger partial charge in [0, 0.05) is 24.7 Å². The smallest absolute Gasteiger partial charge is 0.0640 e. The molecule has 3 nitrogen and oxygen atoms in total. The van der Waals surface area contributed by atoms with Crippen molar-refractivity contribution in [3.8, 4) is 0 Å². The van der Waals surface area contributed by atoms with Crippen molar-refractivity contribution in [3.05, 3.63) is 18.0 Å². The van der Waals surface area contributed by atoms with Gasteiger partial charge in [0.25, 0.3) is 0 Å². The highest BCUT2D eigenvalue weighted by Crippen LogP contribution is 2.49. The van der Waals surface area contributed by atoms with Gasteiger partial charge in [-0.25, -0.2) is 0 Å². The van der Waals surface area contributed by atoms with E-state index in [1.54, 1.807) is 0 Å². The summed E-state index contributed by atoms with van der Waals surface area (Å²) in [6.45, 7) is 7.68. The predicted octanol–water partition coefficient (Wildman–Crippen LogP) is 3.42. The van der Waals surface area contributed by atoms with Crippen LogP contribution in [0.2, 0.25) is 0 Å². The van der Waals surface area contributed by atoms with Gasteiger partial charge < -0.3 is 5.32 Å². The molecule has 1 aromatic heterocycles. The molecule has 112 valence electrons. The van der Waals surface area contributed by atoms with Crippen LogP contribution in [-0.2, 0) is 6.42 Å². The number of fused-ring (bicyclic) bond motifs is 2. The van der Waals surface area contributed by atoms with E-state index in [0.717, 1.165) is 30.7 Å². The molecule has 2 aliphatic rings. The average Bonchev–Trinajstić information content (AvgIpc) is 3.14. The molecule has 20 heavy (non-hydrogen) atoms. The fourth-order valence-corrected chi connectivity index (χ4v) is 4.42. The summed E-state index contributed by atoms with van der Waals surface area (Å²) in [5.74, 6) is 2.90. The van der Waals surface area contributed by atoms with Gasteiger partial charge in [0.2, 0.25) is 0 Å². The van der Waals surface area contributed by atoms with E-state index in [1.807, 2.05) is 0 Å². The van der Waals surface area contributed by atoms with Crippen LogP contribution in [0.1, 0.15) is 58.2 Å². The molecule has 2 saturated carbocycles. The molecule has 0 amide bonds. The molecule has 4 atom stereocenters. The Kier molecular flexibility index (Phi) is 4.16. The van der Waals surface area contributed by atoms with Crippen molar-refractivity contribution in [2.75, 3.05) is 6.54 Å². The van der Waals surface area contributed by atoms with Crippen LogP contribution in [0.15, 0.2) is 12.3 Å². The molecule has 2 aliphatic carbocycles. The Balaban J connectivity index is 1.67. The van der Waals surface area contributed by atoms with Gasteiger partial charge in [-0.1, -0.05) is 13.3 Å². The first-order chi connectivity index (χ1) is 9.67. The Hall–Kier alpha value is -0.830. The second kappa shape index (κ2) is 5.88.